The van der Waals surface area contributed by atoms with Crippen molar-refractivity contribution in [1.82, 2.24) is 0 Å². The molecule has 2 atom stereocenters. The van der Waals surface area contributed by atoms with E-state index in [0.717, 1.165) is 5.75 Å². The van der Waals surface area contributed by atoms with Crippen molar-refractivity contribution in [2.45, 2.75) is 25.8 Å². The first-order chi connectivity index (χ1) is 6.15. The van der Waals surface area contributed by atoms with Crippen LogP contribution < -0.4 is 10.5 Å². The summed E-state index contributed by atoms with van der Waals surface area (Å²) >= 11 is 0. The van der Waals surface area contributed by atoms with Gasteiger partial charge in [-0.25, -0.2) is 0 Å². The van der Waals surface area contributed by atoms with E-state index in [1.807, 2.05) is 19.1 Å². The van der Waals surface area contributed by atoms with E-state index in [-0.39, 0.29) is 18.4 Å². The Kier molecular flexibility index (Phi) is 5.58. The monoisotopic (exact) mass is 215 g/mol. The van der Waals surface area contributed by atoms with Crippen molar-refractivity contribution < 1.29 is 4.74 Å². The number of methoxy groups -OCH3 is 1. The van der Waals surface area contributed by atoms with Crippen molar-refractivity contribution in [2.75, 3.05) is 7.11 Å². The summed E-state index contributed by atoms with van der Waals surface area (Å²) in [5.74, 6) is 1.28. The second-order valence-electron chi connectivity index (χ2n) is 3.42. The molecule has 1 aromatic carbocycles. The minimum atomic E-state index is 0. The maximum absolute atomic E-state index is 5.81. The normalized spacial score (nSPS) is 14.0. The fraction of sp³-hybridized carbons (Fsp3) is 0.455. The van der Waals surface area contributed by atoms with Crippen LogP contribution in [0.1, 0.15) is 25.3 Å². The second kappa shape index (κ2) is 5.89. The van der Waals surface area contributed by atoms with Crippen molar-refractivity contribution in [3.05, 3.63) is 29.8 Å². The van der Waals surface area contributed by atoms with Crippen molar-refractivity contribution in [3.63, 3.8) is 0 Å². The predicted molar refractivity (Wildman–Crippen MR) is 62.3 cm³/mol. The molecule has 0 aromatic heterocycles. The Morgan fingerprint density at radius 1 is 1.14 bits per heavy atom. The van der Waals surface area contributed by atoms with E-state index < -0.39 is 0 Å². The number of rotatable bonds is 3. The van der Waals surface area contributed by atoms with Crippen molar-refractivity contribution in [1.29, 1.82) is 0 Å². The summed E-state index contributed by atoms with van der Waals surface area (Å²) in [6, 6.07) is 8.25. The summed E-state index contributed by atoms with van der Waals surface area (Å²) in [6.07, 6.45) is 0. The van der Waals surface area contributed by atoms with E-state index in [0.29, 0.717) is 5.92 Å². The zero-order chi connectivity index (χ0) is 9.84. The van der Waals surface area contributed by atoms with Crippen LogP contribution in [0.3, 0.4) is 0 Å². The van der Waals surface area contributed by atoms with Crippen molar-refractivity contribution in [3.8, 4) is 5.75 Å². The fourth-order valence-electron chi connectivity index (χ4n) is 1.21. The SMILES string of the molecule is COc1ccc(C(C)C(C)N)cc1.Cl. The molecule has 0 spiro atoms. The lowest BCUT2D eigenvalue weighted by Crippen LogP contribution is -2.22. The topological polar surface area (TPSA) is 35.2 Å². The smallest absolute Gasteiger partial charge is 0.118 e. The predicted octanol–water partition coefficient (Wildman–Crippen LogP) is 2.57. The molecule has 80 valence electrons. The molecule has 0 amide bonds. The van der Waals surface area contributed by atoms with Gasteiger partial charge in [-0.05, 0) is 30.5 Å². The van der Waals surface area contributed by atoms with Gasteiger partial charge < -0.3 is 10.5 Å². The van der Waals surface area contributed by atoms with Gasteiger partial charge in [0.25, 0.3) is 0 Å². The third-order valence-electron chi connectivity index (χ3n) is 2.43. The minimum Gasteiger partial charge on any atom is -0.497 e. The number of hydrogen-bond acceptors (Lipinski definition) is 2. The van der Waals surface area contributed by atoms with Gasteiger partial charge in [-0.1, -0.05) is 19.1 Å². The van der Waals surface area contributed by atoms with Crippen LogP contribution in [-0.2, 0) is 0 Å². The van der Waals surface area contributed by atoms with Crippen LogP contribution in [0.15, 0.2) is 24.3 Å². The number of ether oxygens (including phenoxy) is 1. The molecule has 2 unspecified atom stereocenters. The Bertz CT molecular complexity index is 258. The largest absolute Gasteiger partial charge is 0.497 e. The van der Waals surface area contributed by atoms with Crippen LogP contribution in [-0.4, -0.2) is 13.2 Å². The van der Waals surface area contributed by atoms with Gasteiger partial charge in [0.1, 0.15) is 5.75 Å². The van der Waals surface area contributed by atoms with Gasteiger partial charge in [-0.15, -0.1) is 12.4 Å². The molecule has 0 aliphatic heterocycles. The molecule has 0 heterocycles. The molecule has 0 saturated heterocycles. The summed E-state index contributed by atoms with van der Waals surface area (Å²) in [6.45, 7) is 4.15. The van der Waals surface area contributed by atoms with Crippen LogP contribution in [0.4, 0.5) is 0 Å². The minimum absolute atomic E-state index is 0. The Balaban J connectivity index is 0.00000169. The molecular formula is C11H18ClNO. The highest BCUT2D eigenvalue weighted by atomic mass is 35.5. The van der Waals surface area contributed by atoms with E-state index in [9.17, 15) is 0 Å². The van der Waals surface area contributed by atoms with Gasteiger partial charge in [0.05, 0.1) is 7.11 Å². The average molecular weight is 216 g/mol. The lowest BCUT2D eigenvalue weighted by Gasteiger charge is -2.15. The summed E-state index contributed by atoms with van der Waals surface area (Å²) in [5.41, 5.74) is 7.07. The van der Waals surface area contributed by atoms with E-state index >= 15 is 0 Å². The van der Waals surface area contributed by atoms with Gasteiger partial charge in [0, 0.05) is 6.04 Å². The summed E-state index contributed by atoms with van der Waals surface area (Å²) in [7, 11) is 1.67. The Labute approximate surface area is 91.9 Å². The molecule has 3 heteroatoms. The van der Waals surface area contributed by atoms with Crippen molar-refractivity contribution in [2.24, 2.45) is 5.73 Å². The van der Waals surface area contributed by atoms with E-state index in [1.165, 1.54) is 5.56 Å². The number of nitrogens with two attached hydrogens (primary N) is 1. The number of benzene rings is 1. The van der Waals surface area contributed by atoms with Gasteiger partial charge in [-0.2, -0.15) is 0 Å². The van der Waals surface area contributed by atoms with E-state index in [2.05, 4.69) is 19.1 Å². The quantitative estimate of drug-likeness (QED) is 0.841. The van der Waals surface area contributed by atoms with Crippen LogP contribution in [0.5, 0.6) is 5.75 Å². The number of halogens is 1. The van der Waals surface area contributed by atoms with Gasteiger partial charge >= 0.3 is 0 Å². The molecule has 14 heavy (non-hydrogen) atoms. The van der Waals surface area contributed by atoms with E-state index in [4.69, 9.17) is 10.5 Å². The molecule has 1 aromatic rings. The first-order valence-electron chi connectivity index (χ1n) is 4.54. The van der Waals surface area contributed by atoms with Gasteiger partial charge in [0.15, 0.2) is 0 Å². The maximum atomic E-state index is 5.81. The molecule has 2 nitrogen and oxygen atoms in total. The van der Waals surface area contributed by atoms with Gasteiger partial charge in [-0.3, -0.25) is 0 Å². The Morgan fingerprint density at radius 3 is 2.00 bits per heavy atom. The molecule has 0 radical (unpaired) electrons. The zero-order valence-electron chi connectivity index (χ0n) is 8.86. The van der Waals surface area contributed by atoms with Crippen molar-refractivity contribution >= 4 is 12.4 Å². The molecule has 0 aliphatic carbocycles. The molecule has 0 saturated carbocycles. The standard InChI is InChI=1S/C11H17NO.ClH/c1-8(9(2)12)10-4-6-11(13-3)7-5-10;/h4-9H,12H2,1-3H3;1H. The first-order valence-corrected chi connectivity index (χ1v) is 4.54. The Hall–Kier alpha value is -0.730. The van der Waals surface area contributed by atoms with Crippen LogP contribution in [0.2, 0.25) is 0 Å². The lowest BCUT2D eigenvalue weighted by molar-refractivity contribution is 0.414. The molecule has 1 rings (SSSR count). The first kappa shape index (κ1) is 13.3. The average Bonchev–Trinajstić information content (AvgIpc) is 2.17. The van der Waals surface area contributed by atoms with Crippen LogP contribution in [0.25, 0.3) is 0 Å². The van der Waals surface area contributed by atoms with Gasteiger partial charge in [0.2, 0.25) is 0 Å². The lowest BCUT2D eigenvalue weighted by atomic mass is 9.95. The molecule has 0 fully saturated rings. The Morgan fingerprint density at radius 2 is 1.64 bits per heavy atom. The summed E-state index contributed by atoms with van der Waals surface area (Å²) in [4.78, 5) is 0. The fourth-order valence-corrected chi connectivity index (χ4v) is 1.21. The highest BCUT2D eigenvalue weighted by molar-refractivity contribution is 5.85. The molecular weight excluding hydrogens is 198 g/mol. The maximum Gasteiger partial charge on any atom is 0.118 e. The molecule has 0 aliphatic rings. The third-order valence-corrected chi connectivity index (χ3v) is 2.43. The second-order valence-corrected chi connectivity index (χ2v) is 3.42. The highest BCUT2D eigenvalue weighted by Crippen LogP contribution is 2.20. The molecule has 0 bridgehead atoms. The van der Waals surface area contributed by atoms with Crippen LogP contribution >= 0.6 is 12.4 Å². The zero-order valence-corrected chi connectivity index (χ0v) is 9.67. The summed E-state index contributed by atoms with van der Waals surface area (Å²) in [5, 5.41) is 0. The third kappa shape index (κ3) is 3.20. The van der Waals surface area contributed by atoms with E-state index in [1.54, 1.807) is 7.11 Å². The molecule has 2 N–H and O–H groups in total. The number of hydrogen-bond donors (Lipinski definition) is 1. The highest BCUT2D eigenvalue weighted by Gasteiger charge is 2.09. The van der Waals surface area contributed by atoms with Crippen LogP contribution in [0, 0.1) is 0 Å². The summed E-state index contributed by atoms with van der Waals surface area (Å²) < 4.78 is 5.08.